The number of aliphatic imine (C=N–C) groups is 2. The smallest absolute Gasteiger partial charge is 0.226 e. The van der Waals surface area contributed by atoms with E-state index < -0.39 is 41.2 Å². The number of nitrogens with two attached hydrogens (primary N) is 3. The van der Waals surface area contributed by atoms with Gasteiger partial charge in [0.05, 0.1) is 18.6 Å². The number of rotatable bonds is 25. The summed E-state index contributed by atoms with van der Waals surface area (Å²) in [6.07, 6.45) is 4.06. The molecule has 59 heavy (non-hydrogen) atoms. The van der Waals surface area contributed by atoms with Gasteiger partial charge in [0.25, 0.3) is 0 Å². The van der Waals surface area contributed by atoms with Gasteiger partial charge in [-0.05, 0) is 87.3 Å². The van der Waals surface area contributed by atoms with E-state index in [1.54, 1.807) is 17.0 Å². The third-order valence-electron chi connectivity index (χ3n) is 11.3. The van der Waals surface area contributed by atoms with Gasteiger partial charge in [0.2, 0.25) is 11.8 Å². The minimum atomic E-state index is -0.921. The first-order valence-corrected chi connectivity index (χ1v) is 21.3. The van der Waals surface area contributed by atoms with E-state index in [1.165, 1.54) is 19.1 Å². The highest BCUT2D eigenvalue weighted by Crippen LogP contribution is 2.29. The molecule has 0 aliphatic carbocycles. The van der Waals surface area contributed by atoms with Crippen molar-refractivity contribution in [2.75, 3.05) is 32.7 Å². The van der Waals surface area contributed by atoms with Crippen LogP contribution >= 0.6 is 0 Å². The largest absolute Gasteiger partial charge is 0.508 e. The van der Waals surface area contributed by atoms with Gasteiger partial charge in [-0.25, -0.2) is 0 Å². The molecule has 1 fully saturated rings. The Kier molecular flexibility index (Phi) is 19.0. The Morgan fingerprint density at radius 2 is 1.64 bits per heavy atom. The van der Waals surface area contributed by atoms with E-state index in [1.807, 2.05) is 39.5 Å². The summed E-state index contributed by atoms with van der Waals surface area (Å²) in [6, 6.07) is 4.68. The predicted molar refractivity (Wildman–Crippen MR) is 229 cm³/mol. The quantitative estimate of drug-likeness (QED) is 0.0541. The van der Waals surface area contributed by atoms with Gasteiger partial charge in [-0.1, -0.05) is 46.8 Å². The lowest BCUT2D eigenvalue weighted by atomic mass is 9.79. The van der Waals surface area contributed by atoms with Gasteiger partial charge in [0.15, 0.2) is 23.5 Å². The fourth-order valence-corrected chi connectivity index (χ4v) is 8.10. The van der Waals surface area contributed by atoms with Crippen LogP contribution < -0.4 is 22.5 Å². The number of nitrogens with zero attached hydrogens (tertiary/aromatic N) is 4. The molecule has 0 unspecified atom stereocenters. The molecular formula is C44H70N8O7. The molecule has 2 amide bonds. The molecule has 2 aliphatic heterocycles. The van der Waals surface area contributed by atoms with Crippen LogP contribution in [0.4, 0.5) is 0 Å². The Morgan fingerprint density at radius 3 is 2.24 bits per heavy atom. The second-order valence-electron chi connectivity index (χ2n) is 17.9. The zero-order valence-electron chi connectivity index (χ0n) is 36.2. The summed E-state index contributed by atoms with van der Waals surface area (Å²) in [5.41, 5.74) is 17.0. The lowest BCUT2D eigenvalue weighted by Crippen LogP contribution is -2.52. The summed E-state index contributed by atoms with van der Waals surface area (Å²) in [6.45, 7) is 13.8. The first-order chi connectivity index (χ1) is 27.8. The van der Waals surface area contributed by atoms with E-state index >= 15 is 0 Å². The first-order valence-electron chi connectivity index (χ1n) is 21.3. The SMILES string of the molecule is CC(=O)[C@@H](CC(=O)[C@@H](NC(=O)[C@@H](CC(=O)[C@@H]1CCCN1C(=O)[C@H](CCCN=C(N)N)CC(=O)CCCCN1CCN=C1N)Cc1ccc(O)cc1)C(C)(C)C)CC(C)C. The molecule has 1 saturated heterocycles. The van der Waals surface area contributed by atoms with Crippen LogP contribution in [0, 0.1) is 29.1 Å². The zero-order chi connectivity index (χ0) is 43.9. The molecule has 2 heterocycles. The van der Waals surface area contributed by atoms with E-state index in [9.17, 15) is 33.9 Å². The number of hydrogen-bond acceptors (Lipinski definition) is 11. The van der Waals surface area contributed by atoms with Gasteiger partial charge in [-0.15, -0.1) is 0 Å². The second-order valence-corrected chi connectivity index (χ2v) is 17.9. The lowest BCUT2D eigenvalue weighted by molar-refractivity contribution is -0.143. The van der Waals surface area contributed by atoms with Crippen molar-refractivity contribution in [2.45, 2.75) is 131 Å². The number of ketones is 4. The maximum atomic E-state index is 14.3. The molecule has 328 valence electrons. The predicted octanol–water partition coefficient (Wildman–Crippen LogP) is 3.67. The number of Topliss-reactive ketones (excluding diaryl/α,β-unsaturated/α-hetero) is 4. The number of benzene rings is 1. The molecule has 0 bridgehead atoms. The summed E-state index contributed by atoms with van der Waals surface area (Å²) in [4.78, 5) is 94.3. The number of aromatic hydroxyl groups is 1. The summed E-state index contributed by atoms with van der Waals surface area (Å²) >= 11 is 0. The second kappa shape index (κ2) is 23.1. The van der Waals surface area contributed by atoms with Gasteiger partial charge in [0, 0.05) is 69.6 Å². The van der Waals surface area contributed by atoms with Gasteiger partial charge < -0.3 is 37.4 Å². The maximum absolute atomic E-state index is 14.3. The Hall–Kier alpha value is -4.82. The van der Waals surface area contributed by atoms with Crippen LogP contribution in [-0.4, -0.2) is 107 Å². The molecular weight excluding hydrogens is 753 g/mol. The summed E-state index contributed by atoms with van der Waals surface area (Å²) in [7, 11) is 0. The van der Waals surface area contributed by atoms with Gasteiger partial charge >= 0.3 is 0 Å². The van der Waals surface area contributed by atoms with Crippen molar-refractivity contribution in [1.82, 2.24) is 15.1 Å². The van der Waals surface area contributed by atoms with E-state index in [4.69, 9.17) is 17.2 Å². The molecule has 3 rings (SSSR count). The van der Waals surface area contributed by atoms with Crippen LogP contribution in [0.1, 0.15) is 118 Å². The highest BCUT2D eigenvalue weighted by atomic mass is 16.3. The van der Waals surface area contributed by atoms with Crippen LogP contribution in [0.15, 0.2) is 34.3 Å². The number of guanidine groups is 2. The zero-order valence-corrected chi connectivity index (χ0v) is 36.2. The van der Waals surface area contributed by atoms with E-state index in [0.717, 1.165) is 13.0 Å². The molecule has 1 aromatic carbocycles. The van der Waals surface area contributed by atoms with E-state index in [2.05, 4.69) is 15.3 Å². The average molecular weight is 823 g/mol. The fourth-order valence-electron chi connectivity index (χ4n) is 8.10. The Morgan fingerprint density at radius 1 is 0.949 bits per heavy atom. The summed E-state index contributed by atoms with van der Waals surface area (Å²) in [5, 5.41) is 12.9. The number of nitrogens with one attached hydrogen (secondary N) is 1. The number of phenolic OH excluding ortho intramolecular Hbond substituents is 1. The summed E-state index contributed by atoms with van der Waals surface area (Å²) < 4.78 is 0. The maximum Gasteiger partial charge on any atom is 0.226 e. The van der Waals surface area contributed by atoms with Crippen LogP contribution in [-0.2, 0) is 35.2 Å². The number of phenols is 1. The molecule has 0 spiro atoms. The van der Waals surface area contributed by atoms with E-state index in [0.29, 0.717) is 82.6 Å². The van der Waals surface area contributed by atoms with Gasteiger partial charge in [0.1, 0.15) is 17.3 Å². The molecule has 1 aromatic rings. The monoisotopic (exact) mass is 823 g/mol. The lowest BCUT2D eigenvalue weighted by Gasteiger charge is -2.33. The Labute approximate surface area is 350 Å². The minimum absolute atomic E-state index is 0.00486. The topological polar surface area (TPSA) is 244 Å². The number of unbranched alkanes of at least 4 members (excludes halogenated alkanes) is 1. The fraction of sp³-hybridized carbons (Fsp3) is 0.682. The average Bonchev–Trinajstić information content (AvgIpc) is 3.82. The van der Waals surface area contributed by atoms with Crippen LogP contribution in [0.5, 0.6) is 5.75 Å². The highest BCUT2D eigenvalue weighted by molar-refractivity contribution is 5.96. The van der Waals surface area contributed by atoms with Gasteiger partial charge in [-0.3, -0.25) is 38.8 Å². The standard InChI is InChI=1S/C44H70N8O7/c1-28(2)23-32(29(3)53)26-38(57)39(44(4,5)6)50-40(58)33(24-30-14-16-34(54)17-15-30)27-37(56)36-13-10-21-52(36)41(59)31(11-9-18-48-42(45)46)25-35(55)12-7-8-20-51-22-19-49-43(51)47/h14-17,28,31-33,36,39,54H,7-13,18-27H2,1-6H3,(H2,47,49)(H,50,58)(H4,45,46,48)/t31-,32-,33-,36+,39-/m1/s1. The Balaban J connectivity index is 1.80. The third kappa shape index (κ3) is 16.0. The molecule has 5 atom stereocenters. The van der Waals surface area contributed by atoms with Crippen molar-refractivity contribution in [1.29, 1.82) is 0 Å². The van der Waals surface area contributed by atoms with E-state index in [-0.39, 0.29) is 72.4 Å². The number of likely N-dealkylation sites (tertiary alicyclic amines) is 1. The molecule has 0 saturated carbocycles. The Bertz CT molecular complexity index is 1670. The molecule has 8 N–H and O–H groups in total. The van der Waals surface area contributed by atoms with Crippen molar-refractivity contribution in [3.63, 3.8) is 0 Å². The minimum Gasteiger partial charge on any atom is -0.508 e. The van der Waals surface area contributed by atoms with Gasteiger partial charge in [-0.2, -0.15) is 0 Å². The molecule has 15 heteroatoms. The van der Waals surface area contributed by atoms with Crippen molar-refractivity contribution in [3.8, 4) is 5.75 Å². The van der Waals surface area contributed by atoms with Crippen LogP contribution in [0.3, 0.4) is 0 Å². The normalized spacial score (nSPS) is 17.5. The first kappa shape index (κ1) is 48.5. The summed E-state index contributed by atoms with van der Waals surface area (Å²) in [5.74, 6) is -2.73. The number of amides is 2. The van der Waals surface area contributed by atoms with Crippen LogP contribution in [0.2, 0.25) is 0 Å². The van der Waals surface area contributed by atoms with Crippen molar-refractivity contribution in [3.05, 3.63) is 29.8 Å². The molecule has 2 aliphatic rings. The van der Waals surface area contributed by atoms with Crippen molar-refractivity contribution in [2.24, 2.45) is 56.3 Å². The number of carbonyl (C=O) groups is 6. The highest BCUT2D eigenvalue weighted by Gasteiger charge is 2.40. The molecule has 0 aromatic heterocycles. The van der Waals surface area contributed by atoms with Crippen molar-refractivity contribution >= 4 is 46.9 Å². The number of hydrogen-bond donors (Lipinski definition) is 5. The molecule has 0 radical (unpaired) electrons. The molecule has 15 nitrogen and oxygen atoms in total. The van der Waals surface area contributed by atoms with Crippen LogP contribution in [0.25, 0.3) is 0 Å². The third-order valence-corrected chi connectivity index (χ3v) is 11.3. The number of carbonyl (C=O) groups excluding carboxylic acids is 6. The van der Waals surface area contributed by atoms with Crippen molar-refractivity contribution < 1.29 is 33.9 Å².